The highest BCUT2D eigenvalue weighted by molar-refractivity contribution is 5.46. The van der Waals surface area contributed by atoms with E-state index in [9.17, 15) is 0 Å². The largest absolute Gasteiger partial charge is 0.370 e. The molecule has 16 heavy (non-hydrogen) atoms. The zero-order valence-electron chi connectivity index (χ0n) is 9.70. The SMILES string of the molecule is CC(C)CCNc1cc(NCC#N)ncn1. The number of nitrogens with one attached hydrogen (secondary N) is 2. The van der Waals surface area contributed by atoms with Crippen LogP contribution in [0.15, 0.2) is 12.4 Å². The number of nitrogens with zero attached hydrogens (tertiary/aromatic N) is 3. The molecule has 0 atom stereocenters. The fourth-order valence-corrected chi connectivity index (χ4v) is 1.17. The molecule has 0 unspecified atom stereocenters. The maximum atomic E-state index is 8.43. The van der Waals surface area contributed by atoms with Gasteiger partial charge in [-0.15, -0.1) is 0 Å². The second-order valence-corrected chi connectivity index (χ2v) is 3.91. The predicted molar refractivity (Wildman–Crippen MR) is 64.1 cm³/mol. The molecule has 1 aromatic heterocycles. The van der Waals surface area contributed by atoms with Crippen molar-refractivity contribution in [1.82, 2.24) is 9.97 Å². The number of rotatable bonds is 6. The normalized spacial score (nSPS) is 9.88. The number of nitriles is 1. The third kappa shape index (κ3) is 4.60. The Bertz CT molecular complexity index is 356. The maximum Gasteiger partial charge on any atom is 0.132 e. The molecule has 0 saturated carbocycles. The molecule has 2 N–H and O–H groups in total. The molecule has 0 aliphatic rings. The molecule has 0 saturated heterocycles. The van der Waals surface area contributed by atoms with Crippen molar-refractivity contribution in [1.29, 1.82) is 5.26 Å². The zero-order chi connectivity index (χ0) is 11.8. The van der Waals surface area contributed by atoms with E-state index in [1.54, 1.807) is 6.07 Å². The summed E-state index contributed by atoms with van der Waals surface area (Å²) in [7, 11) is 0. The molecule has 5 nitrogen and oxygen atoms in total. The molecule has 5 heteroatoms. The standard InChI is InChI=1S/C11H17N5/c1-9(2)3-5-13-10-7-11(14-6-4-12)16-8-15-10/h7-9H,3,5-6H2,1-2H3,(H2,13,14,15,16). The lowest BCUT2D eigenvalue weighted by atomic mass is 10.1. The molecule has 0 aromatic carbocycles. The summed E-state index contributed by atoms with van der Waals surface area (Å²) in [5.41, 5.74) is 0. The van der Waals surface area contributed by atoms with E-state index in [0.717, 1.165) is 18.8 Å². The van der Waals surface area contributed by atoms with Gasteiger partial charge >= 0.3 is 0 Å². The van der Waals surface area contributed by atoms with E-state index in [1.807, 2.05) is 6.07 Å². The Morgan fingerprint density at radius 1 is 1.31 bits per heavy atom. The Hall–Kier alpha value is -1.83. The topological polar surface area (TPSA) is 73.6 Å². The van der Waals surface area contributed by atoms with Crippen LogP contribution < -0.4 is 10.6 Å². The number of hydrogen-bond acceptors (Lipinski definition) is 5. The van der Waals surface area contributed by atoms with Gasteiger partial charge in [0.15, 0.2) is 0 Å². The Morgan fingerprint density at radius 3 is 2.62 bits per heavy atom. The fourth-order valence-electron chi connectivity index (χ4n) is 1.17. The highest BCUT2D eigenvalue weighted by Gasteiger charge is 1.98. The number of anilines is 2. The third-order valence-corrected chi connectivity index (χ3v) is 2.04. The molecule has 0 spiro atoms. The lowest BCUT2D eigenvalue weighted by molar-refractivity contribution is 0.606. The predicted octanol–water partition coefficient (Wildman–Crippen LogP) is 1.87. The van der Waals surface area contributed by atoms with E-state index in [-0.39, 0.29) is 6.54 Å². The van der Waals surface area contributed by atoms with Gasteiger partial charge in [0.05, 0.1) is 6.07 Å². The Kier molecular flexibility index (Phi) is 5.06. The summed E-state index contributed by atoms with van der Waals surface area (Å²) >= 11 is 0. The lowest BCUT2D eigenvalue weighted by Gasteiger charge is -2.08. The van der Waals surface area contributed by atoms with Crippen LogP contribution in [0.1, 0.15) is 20.3 Å². The van der Waals surface area contributed by atoms with Crippen molar-refractivity contribution in [3.63, 3.8) is 0 Å². The van der Waals surface area contributed by atoms with Crippen LogP contribution >= 0.6 is 0 Å². The van der Waals surface area contributed by atoms with Crippen molar-refractivity contribution in [2.45, 2.75) is 20.3 Å². The average Bonchev–Trinajstić information content (AvgIpc) is 2.26. The van der Waals surface area contributed by atoms with Gasteiger partial charge in [-0.25, -0.2) is 9.97 Å². The van der Waals surface area contributed by atoms with Gasteiger partial charge in [-0.2, -0.15) is 5.26 Å². The van der Waals surface area contributed by atoms with Crippen LogP contribution in [0, 0.1) is 17.2 Å². The Labute approximate surface area is 95.9 Å². The summed E-state index contributed by atoms with van der Waals surface area (Å²) in [5.74, 6) is 2.13. The summed E-state index contributed by atoms with van der Waals surface area (Å²) in [6.07, 6.45) is 2.59. The molecular weight excluding hydrogens is 202 g/mol. The van der Waals surface area contributed by atoms with E-state index in [4.69, 9.17) is 5.26 Å². The summed E-state index contributed by atoms with van der Waals surface area (Å²) in [6, 6.07) is 3.81. The van der Waals surface area contributed by atoms with Gasteiger partial charge in [-0.05, 0) is 12.3 Å². The first kappa shape index (κ1) is 12.2. The summed E-state index contributed by atoms with van der Waals surface area (Å²) < 4.78 is 0. The van der Waals surface area contributed by atoms with Crippen molar-refractivity contribution >= 4 is 11.6 Å². The van der Waals surface area contributed by atoms with Gasteiger partial charge in [-0.3, -0.25) is 0 Å². The van der Waals surface area contributed by atoms with Gasteiger partial charge in [0.25, 0.3) is 0 Å². The molecule has 1 aromatic rings. The van der Waals surface area contributed by atoms with Gasteiger partial charge in [0, 0.05) is 12.6 Å². The van der Waals surface area contributed by atoms with E-state index < -0.39 is 0 Å². The quantitative estimate of drug-likeness (QED) is 0.714. The molecule has 86 valence electrons. The van der Waals surface area contributed by atoms with E-state index in [2.05, 4.69) is 34.4 Å². The van der Waals surface area contributed by atoms with Gasteiger partial charge in [0.2, 0.25) is 0 Å². The molecule has 0 fully saturated rings. The monoisotopic (exact) mass is 219 g/mol. The van der Waals surface area contributed by atoms with Crippen molar-refractivity contribution in [3.05, 3.63) is 12.4 Å². The number of aromatic nitrogens is 2. The van der Waals surface area contributed by atoms with E-state index >= 15 is 0 Å². The summed E-state index contributed by atoms with van der Waals surface area (Å²) in [6.45, 7) is 5.51. The Balaban J connectivity index is 2.44. The molecule has 1 rings (SSSR count). The van der Waals surface area contributed by atoms with Crippen LogP contribution in [0.4, 0.5) is 11.6 Å². The van der Waals surface area contributed by atoms with Crippen LogP contribution in [0.5, 0.6) is 0 Å². The van der Waals surface area contributed by atoms with E-state index in [0.29, 0.717) is 11.7 Å². The summed E-state index contributed by atoms with van der Waals surface area (Å²) in [4.78, 5) is 8.11. The second-order valence-electron chi connectivity index (χ2n) is 3.91. The minimum atomic E-state index is 0.252. The summed E-state index contributed by atoms with van der Waals surface area (Å²) in [5, 5.41) is 14.5. The van der Waals surface area contributed by atoms with Gasteiger partial charge in [0.1, 0.15) is 24.5 Å². The molecule has 1 heterocycles. The number of hydrogen-bond donors (Lipinski definition) is 2. The van der Waals surface area contributed by atoms with Crippen LogP contribution in [0.25, 0.3) is 0 Å². The van der Waals surface area contributed by atoms with E-state index in [1.165, 1.54) is 6.33 Å². The minimum absolute atomic E-state index is 0.252. The minimum Gasteiger partial charge on any atom is -0.370 e. The highest BCUT2D eigenvalue weighted by Crippen LogP contribution is 2.08. The first-order valence-corrected chi connectivity index (χ1v) is 5.39. The van der Waals surface area contributed by atoms with Crippen molar-refractivity contribution < 1.29 is 0 Å². The molecule has 0 aliphatic carbocycles. The smallest absolute Gasteiger partial charge is 0.132 e. The highest BCUT2D eigenvalue weighted by atomic mass is 15.1. The second kappa shape index (κ2) is 6.62. The van der Waals surface area contributed by atoms with Crippen LogP contribution in [0.2, 0.25) is 0 Å². The molecular formula is C11H17N5. The zero-order valence-corrected chi connectivity index (χ0v) is 9.70. The van der Waals surface area contributed by atoms with Gasteiger partial charge < -0.3 is 10.6 Å². The maximum absolute atomic E-state index is 8.43. The average molecular weight is 219 g/mol. The van der Waals surface area contributed by atoms with Crippen molar-refractivity contribution in [3.8, 4) is 6.07 Å². The lowest BCUT2D eigenvalue weighted by Crippen LogP contribution is -2.07. The first-order chi connectivity index (χ1) is 7.72. The van der Waals surface area contributed by atoms with Crippen molar-refractivity contribution in [2.24, 2.45) is 5.92 Å². The molecule has 0 aliphatic heterocycles. The van der Waals surface area contributed by atoms with Crippen LogP contribution in [0.3, 0.4) is 0 Å². The van der Waals surface area contributed by atoms with Crippen LogP contribution in [-0.2, 0) is 0 Å². The van der Waals surface area contributed by atoms with Crippen LogP contribution in [-0.4, -0.2) is 23.1 Å². The van der Waals surface area contributed by atoms with Crippen molar-refractivity contribution in [2.75, 3.05) is 23.7 Å². The molecule has 0 amide bonds. The van der Waals surface area contributed by atoms with Gasteiger partial charge in [-0.1, -0.05) is 13.8 Å². The molecule has 0 bridgehead atoms. The first-order valence-electron chi connectivity index (χ1n) is 5.39. The third-order valence-electron chi connectivity index (χ3n) is 2.04. The Morgan fingerprint density at radius 2 is 2.00 bits per heavy atom. The fraction of sp³-hybridized carbons (Fsp3) is 0.545. The molecule has 0 radical (unpaired) electrons.